The molecule has 0 unspecified atom stereocenters. The number of carbonyl (C=O) groups excluding carboxylic acids is 3. The van der Waals surface area contributed by atoms with Crippen molar-refractivity contribution in [3.63, 3.8) is 0 Å². The van der Waals surface area contributed by atoms with Crippen molar-refractivity contribution >= 4 is 23.5 Å². The summed E-state index contributed by atoms with van der Waals surface area (Å²) >= 11 is 0. The molecule has 0 aliphatic rings. The van der Waals surface area contributed by atoms with Crippen LogP contribution in [0.15, 0.2) is 76.4 Å². The van der Waals surface area contributed by atoms with E-state index in [9.17, 15) is 14.4 Å². The van der Waals surface area contributed by atoms with Crippen LogP contribution in [0.2, 0.25) is 0 Å². The molecule has 0 aliphatic heterocycles. The molecule has 0 saturated heterocycles. The Morgan fingerprint density at radius 3 is 2.44 bits per heavy atom. The maximum Gasteiger partial charge on any atom is 0.379 e. The monoisotopic (exact) mass is 435 g/mol. The molecule has 3 aromatic rings. The highest BCUT2D eigenvalue weighted by Crippen LogP contribution is 2.29. The zero-order valence-electron chi connectivity index (χ0n) is 17.5. The first-order chi connectivity index (χ1) is 15.5. The van der Waals surface area contributed by atoms with E-state index in [4.69, 9.17) is 13.9 Å². The van der Waals surface area contributed by atoms with E-state index in [0.717, 1.165) is 5.56 Å². The SMILES string of the molecule is COc1cc(C(C)=NNC(=O)C(=O)NCc2ccccc2)ccc1OC(=O)c1ccco1. The van der Waals surface area contributed by atoms with Gasteiger partial charge in [0.25, 0.3) is 0 Å². The van der Waals surface area contributed by atoms with Crippen molar-refractivity contribution in [2.24, 2.45) is 5.10 Å². The normalized spacial score (nSPS) is 10.9. The van der Waals surface area contributed by atoms with Crippen molar-refractivity contribution in [3.05, 3.63) is 83.8 Å². The van der Waals surface area contributed by atoms with Gasteiger partial charge >= 0.3 is 17.8 Å². The smallest absolute Gasteiger partial charge is 0.379 e. The first kappa shape index (κ1) is 22.3. The van der Waals surface area contributed by atoms with Gasteiger partial charge < -0.3 is 19.2 Å². The number of carbonyl (C=O) groups is 3. The average Bonchev–Trinajstić information content (AvgIpc) is 3.37. The highest BCUT2D eigenvalue weighted by molar-refractivity contribution is 6.35. The third-order valence-electron chi connectivity index (χ3n) is 4.33. The predicted octanol–water partition coefficient (Wildman–Crippen LogP) is 2.66. The van der Waals surface area contributed by atoms with Crippen LogP contribution in [-0.2, 0) is 16.1 Å². The molecule has 32 heavy (non-hydrogen) atoms. The zero-order valence-corrected chi connectivity index (χ0v) is 17.5. The van der Waals surface area contributed by atoms with E-state index in [1.807, 2.05) is 30.3 Å². The molecule has 164 valence electrons. The van der Waals surface area contributed by atoms with Crippen molar-refractivity contribution in [2.45, 2.75) is 13.5 Å². The highest BCUT2D eigenvalue weighted by Gasteiger charge is 2.16. The Morgan fingerprint density at radius 2 is 1.75 bits per heavy atom. The first-order valence-corrected chi connectivity index (χ1v) is 9.58. The second-order valence-corrected chi connectivity index (χ2v) is 6.54. The van der Waals surface area contributed by atoms with E-state index in [1.54, 1.807) is 25.1 Å². The number of ether oxygens (including phenoxy) is 2. The number of nitrogens with zero attached hydrogens (tertiary/aromatic N) is 1. The Morgan fingerprint density at radius 1 is 0.969 bits per heavy atom. The van der Waals surface area contributed by atoms with Crippen LogP contribution in [0.4, 0.5) is 0 Å². The molecule has 1 heterocycles. The molecule has 3 rings (SSSR count). The van der Waals surface area contributed by atoms with Crippen molar-refractivity contribution in [1.82, 2.24) is 10.7 Å². The second-order valence-electron chi connectivity index (χ2n) is 6.54. The van der Waals surface area contributed by atoms with Gasteiger partial charge in [-0.25, -0.2) is 10.2 Å². The maximum atomic E-state index is 12.1. The molecule has 0 atom stereocenters. The standard InChI is InChI=1S/C23H21N3O6/c1-15(25-26-22(28)21(27)24-14-16-7-4-3-5-8-16)17-10-11-18(20(13-17)30-2)32-23(29)19-9-6-12-31-19/h3-13H,14H2,1-2H3,(H,24,27)(H,26,28). The van der Waals surface area contributed by atoms with Gasteiger partial charge in [-0.1, -0.05) is 30.3 Å². The van der Waals surface area contributed by atoms with Gasteiger partial charge in [-0.2, -0.15) is 5.10 Å². The molecule has 2 aromatic carbocycles. The lowest BCUT2D eigenvalue weighted by atomic mass is 10.1. The second kappa shape index (κ2) is 10.6. The lowest BCUT2D eigenvalue weighted by molar-refractivity contribution is -0.139. The minimum Gasteiger partial charge on any atom is -0.493 e. The number of hydrogen-bond donors (Lipinski definition) is 2. The van der Waals surface area contributed by atoms with Gasteiger partial charge in [-0.15, -0.1) is 0 Å². The number of furan rings is 1. The van der Waals surface area contributed by atoms with Crippen LogP contribution < -0.4 is 20.2 Å². The van der Waals surface area contributed by atoms with E-state index in [2.05, 4.69) is 15.8 Å². The van der Waals surface area contributed by atoms with Crippen LogP contribution in [0.5, 0.6) is 11.5 Å². The Labute approximate surface area is 184 Å². The summed E-state index contributed by atoms with van der Waals surface area (Å²) in [5.41, 5.74) is 4.09. The van der Waals surface area contributed by atoms with Crippen molar-refractivity contribution in [3.8, 4) is 11.5 Å². The van der Waals surface area contributed by atoms with Gasteiger partial charge in [0.2, 0.25) is 5.76 Å². The maximum absolute atomic E-state index is 12.1. The molecule has 1 aromatic heterocycles. The number of hydrazone groups is 1. The fraction of sp³-hybridized carbons (Fsp3) is 0.130. The number of methoxy groups -OCH3 is 1. The molecule has 0 fully saturated rings. The van der Waals surface area contributed by atoms with Gasteiger partial charge in [-0.3, -0.25) is 9.59 Å². The summed E-state index contributed by atoms with van der Waals surface area (Å²) in [4.78, 5) is 36.0. The van der Waals surface area contributed by atoms with E-state index in [0.29, 0.717) is 11.3 Å². The van der Waals surface area contributed by atoms with Crippen LogP contribution in [-0.4, -0.2) is 30.6 Å². The molecule has 2 N–H and O–H groups in total. The topological polar surface area (TPSA) is 119 Å². The fourth-order valence-corrected chi connectivity index (χ4v) is 2.63. The minimum absolute atomic E-state index is 0.0575. The molecule has 0 spiro atoms. The molecule has 0 saturated carbocycles. The molecular weight excluding hydrogens is 414 g/mol. The first-order valence-electron chi connectivity index (χ1n) is 9.58. The Bertz CT molecular complexity index is 1120. The molecule has 0 radical (unpaired) electrons. The average molecular weight is 435 g/mol. The number of esters is 1. The van der Waals surface area contributed by atoms with Gasteiger partial charge in [0.05, 0.1) is 19.1 Å². The molecule has 9 heteroatoms. The van der Waals surface area contributed by atoms with E-state index in [-0.39, 0.29) is 23.8 Å². The Balaban J connectivity index is 1.60. The van der Waals surface area contributed by atoms with Crippen LogP contribution >= 0.6 is 0 Å². The summed E-state index contributed by atoms with van der Waals surface area (Å²) in [7, 11) is 1.43. The third-order valence-corrected chi connectivity index (χ3v) is 4.33. The minimum atomic E-state index is -0.892. The molecule has 2 amide bonds. The number of nitrogens with one attached hydrogen (secondary N) is 2. The third kappa shape index (κ3) is 5.82. The highest BCUT2D eigenvalue weighted by atomic mass is 16.6. The van der Waals surface area contributed by atoms with Crippen molar-refractivity contribution < 1.29 is 28.3 Å². The van der Waals surface area contributed by atoms with Gasteiger partial charge in [0, 0.05) is 12.1 Å². The van der Waals surface area contributed by atoms with Crippen LogP contribution in [0, 0.1) is 0 Å². The molecule has 9 nitrogen and oxygen atoms in total. The number of rotatable bonds is 7. The lowest BCUT2D eigenvalue weighted by Crippen LogP contribution is -2.37. The van der Waals surface area contributed by atoms with E-state index in [1.165, 1.54) is 25.5 Å². The van der Waals surface area contributed by atoms with Gasteiger partial charge in [-0.05, 0) is 42.8 Å². The summed E-state index contributed by atoms with van der Waals surface area (Å²) in [6, 6.07) is 17.0. The Hall–Kier alpha value is -4.40. The van der Waals surface area contributed by atoms with Gasteiger partial charge in [0.15, 0.2) is 11.5 Å². The summed E-state index contributed by atoms with van der Waals surface area (Å²) in [6.07, 6.45) is 1.37. The van der Waals surface area contributed by atoms with Crippen LogP contribution in [0.3, 0.4) is 0 Å². The number of amides is 2. The van der Waals surface area contributed by atoms with Gasteiger partial charge in [0.1, 0.15) is 0 Å². The van der Waals surface area contributed by atoms with Crippen LogP contribution in [0.1, 0.15) is 28.6 Å². The summed E-state index contributed by atoms with van der Waals surface area (Å²) in [6.45, 7) is 1.87. The van der Waals surface area contributed by atoms with Crippen molar-refractivity contribution in [1.29, 1.82) is 0 Å². The predicted molar refractivity (Wildman–Crippen MR) is 115 cm³/mol. The van der Waals surface area contributed by atoms with E-state index >= 15 is 0 Å². The number of benzene rings is 2. The van der Waals surface area contributed by atoms with Crippen LogP contribution in [0.25, 0.3) is 0 Å². The fourth-order valence-electron chi connectivity index (χ4n) is 2.63. The van der Waals surface area contributed by atoms with Crippen molar-refractivity contribution in [2.75, 3.05) is 7.11 Å². The quantitative estimate of drug-likeness (QED) is 0.194. The Kier molecular flexibility index (Phi) is 7.37. The zero-order chi connectivity index (χ0) is 22.9. The summed E-state index contributed by atoms with van der Waals surface area (Å²) < 4.78 is 15.6. The molecule has 0 aliphatic carbocycles. The molecule has 0 bridgehead atoms. The number of hydrogen-bond acceptors (Lipinski definition) is 7. The van der Waals surface area contributed by atoms with E-state index < -0.39 is 17.8 Å². The molecular formula is C23H21N3O6. The summed E-state index contributed by atoms with van der Waals surface area (Å²) in [5.74, 6) is -1.83. The lowest BCUT2D eigenvalue weighted by Gasteiger charge is -2.10. The largest absolute Gasteiger partial charge is 0.493 e. The summed E-state index contributed by atoms with van der Waals surface area (Å²) in [5, 5.41) is 6.48.